The van der Waals surface area contributed by atoms with Crippen LogP contribution in [-0.4, -0.2) is 158 Å². The van der Waals surface area contributed by atoms with E-state index in [1.54, 1.807) is 24.3 Å². The number of ether oxygens (including phenoxy) is 4. The van der Waals surface area contributed by atoms with Crippen molar-refractivity contribution >= 4 is 67.7 Å². The van der Waals surface area contributed by atoms with Crippen LogP contribution in [0.3, 0.4) is 0 Å². The molecule has 2 aromatic carbocycles. The number of ketones is 2. The predicted molar refractivity (Wildman–Crippen MR) is 297 cm³/mol. The number of primary amides is 1. The summed E-state index contributed by atoms with van der Waals surface area (Å²) in [5.41, 5.74) is 7.70. The van der Waals surface area contributed by atoms with Crippen LogP contribution in [0.25, 0.3) is 0 Å². The first-order valence-corrected chi connectivity index (χ1v) is 30.5. The maximum Gasteiger partial charge on any atom is 0.373 e. The average Bonchev–Trinajstić information content (AvgIpc) is 4.00. The van der Waals surface area contributed by atoms with Crippen LogP contribution in [0.2, 0.25) is 0 Å². The monoisotopic (exact) mass is 1200 g/mol. The van der Waals surface area contributed by atoms with Crippen LogP contribution in [0.5, 0.6) is 0 Å². The molecule has 1 aromatic heterocycles. The predicted octanol–water partition coefficient (Wildman–Crippen LogP) is 1.52. The number of amides is 5. The van der Waals surface area contributed by atoms with Gasteiger partial charge in [-0.05, 0) is 54.2 Å². The summed E-state index contributed by atoms with van der Waals surface area (Å²) in [5.74, 6) is -3.34. The minimum atomic E-state index is -5.65. The molecule has 29 heteroatoms. The van der Waals surface area contributed by atoms with Crippen LogP contribution in [0.1, 0.15) is 117 Å². The molecule has 456 valence electrons. The second-order valence-electron chi connectivity index (χ2n) is 20.0. The van der Waals surface area contributed by atoms with E-state index in [0.29, 0.717) is 41.8 Å². The number of aliphatic hydroxyl groups is 2. The summed E-state index contributed by atoms with van der Waals surface area (Å²) in [6.45, 7) is 6.81. The van der Waals surface area contributed by atoms with E-state index in [-0.39, 0.29) is 146 Å². The summed E-state index contributed by atoms with van der Waals surface area (Å²) in [6, 6.07) is 7.60. The molecule has 1 aliphatic heterocycles. The highest BCUT2D eigenvalue weighted by molar-refractivity contribution is 7.72. The Labute approximate surface area is 476 Å². The summed E-state index contributed by atoms with van der Waals surface area (Å²) in [4.78, 5) is 129. The fourth-order valence-electron chi connectivity index (χ4n) is 8.40. The summed E-state index contributed by atoms with van der Waals surface area (Å²) < 4.78 is 47.5. The summed E-state index contributed by atoms with van der Waals surface area (Å²) in [5, 5.41) is 31.5. The van der Waals surface area contributed by atoms with E-state index in [9.17, 15) is 72.5 Å². The fourth-order valence-corrected chi connectivity index (χ4v) is 10.5. The molecule has 4 rings (SSSR count). The molecular formula is C53H81N8O19P2+. The van der Waals surface area contributed by atoms with Gasteiger partial charge >= 0.3 is 20.3 Å². The van der Waals surface area contributed by atoms with E-state index in [1.165, 1.54) is 35.4 Å². The van der Waals surface area contributed by atoms with Gasteiger partial charge in [-0.15, -0.1) is 0 Å². The number of aliphatic hydroxyl groups excluding tert-OH is 1. The number of hydrogen-bond donors (Lipinski definition) is 12. The normalized spacial score (nSPS) is 16.1. The number of carbonyl (C=O) groups excluding carboxylic acids is 7. The van der Waals surface area contributed by atoms with E-state index in [4.69, 9.17) is 24.7 Å². The molecule has 4 atom stereocenters. The number of aromatic nitrogens is 2. The molecule has 82 heavy (non-hydrogen) atoms. The molecule has 2 unspecified atom stereocenters. The molecule has 0 spiro atoms. The van der Waals surface area contributed by atoms with Crippen molar-refractivity contribution in [1.29, 1.82) is 0 Å². The van der Waals surface area contributed by atoms with Crippen molar-refractivity contribution < 1.29 is 96.0 Å². The number of benzene rings is 2. The maximum atomic E-state index is 14.2. The van der Waals surface area contributed by atoms with Gasteiger partial charge in [-0.25, -0.2) is 9.13 Å². The standard InChI is InChI=1S/C53H80N8O19P2/c1-4-6-7-8-45-51(68)58-46-31-38(49(54)66)10-11-39(46)32-56-44-15-9-37(30-43(44)50(67)59-48(36(3)5-2)52(69)57-45)29-41(63)14-16-47(65)55-18-22-78-24-26-80-28-27-79-25-23-77-21-17-40(62)12-13-42(64)33-60-19-20-61(35-60)34-53(70,81(71,72)73)82(74,75)76/h9-11,15,19-20,30-31,35-36,42,45,48,64,70H,4-8,12-14,16-18,21-29,32-34H2,1-3H3,(H10-,54,55,56,57,58,59,65,66,67,68,69,71,72,73,74,75,76)/p+1/t36?,42?,45-,48-/m0/s1. The Kier molecular flexibility index (Phi) is 28.6. The smallest absolute Gasteiger partial charge is 0.373 e. The van der Waals surface area contributed by atoms with Gasteiger partial charge < -0.3 is 81.1 Å². The number of nitrogens with zero attached hydrogens (tertiary/aromatic N) is 2. The molecule has 0 saturated carbocycles. The number of nitrogens with one attached hydrogen (secondary N) is 5. The van der Waals surface area contributed by atoms with Gasteiger partial charge in [-0.1, -0.05) is 58.6 Å². The highest BCUT2D eigenvalue weighted by atomic mass is 31.2. The first-order chi connectivity index (χ1) is 38.8. The molecule has 1 aliphatic rings. The molecule has 0 radical (unpaired) electrons. The molecular weight excluding hydrogens is 1110 g/mol. The Morgan fingerprint density at radius 3 is 2.11 bits per heavy atom. The number of anilines is 2. The lowest BCUT2D eigenvalue weighted by Gasteiger charge is -2.28. The van der Waals surface area contributed by atoms with Crippen molar-refractivity contribution in [3.63, 3.8) is 0 Å². The van der Waals surface area contributed by atoms with E-state index >= 15 is 0 Å². The Morgan fingerprint density at radius 2 is 1.48 bits per heavy atom. The molecule has 3 aromatic rings. The van der Waals surface area contributed by atoms with E-state index < -0.39 is 68.6 Å². The Hall–Kier alpha value is -5.80. The van der Waals surface area contributed by atoms with Crippen molar-refractivity contribution in [3.8, 4) is 0 Å². The van der Waals surface area contributed by atoms with E-state index in [2.05, 4.69) is 26.6 Å². The third kappa shape index (κ3) is 22.7. The number of rotatable bonds is 36. The van der Waals surface area contributed by atoms with Crippen molar-refractivity contribution in [2.45, 2.75) is 134 Å². The molecule has 0 saturated heterocycles. The van der Waals surface area contributed by atoms with Crippen LogP contribution in [0, 0.1) is 5.92 Å². The number of carbonyl (C=O) groups is 7. The fraction of sp³-hybridized carbons (Fsp3) is 0.585. The second-order valence-corrected chi connectivity index (χ2v) is 24.0. The molecule has 27 nitrogen and oxygen atoms in total. The van der Waals surface area contributed by atoms with Crippen molar-refractivity contribution in [3.05, 3.63) is 77.4 Å². The molecule has 0 bridgehead atoms. The highest BCUT2D eigenvalue weighted by Crippen LogP contribution is 2.67. The Balaban J connectivity index is 1.10. The number of unbranched alkanes of at least 4 members (excludes halogenated alkanes) is 2. The van der Waals surface area contributed by atoms with Crippen LogP contribution in [-0.2, 0) is 78.1 Å². The zero-order chi connectivity index (χ0) is 60.5. The Morgan fingerprint density at radius 1 is 0.817 bits per heavy atom. The molecule has 13 N–H and O–H groups in total. The van der Waals surface area contributed by atoms with Crippen LogP contribution < -0.4 is 36.9 Å². The Bertz CT molecular complexity index is 2690. The van der Waals surface area contributed by atoms with Crippen molar-refractivity contribution in [2.24, 2.45) is 11.7 Å². The van der Waals surface area contributed by atoms with Gasteiger partial charge in [0.05, 0.1) is 64.5 Å². The number of hydrogen-bond acceptors (Lipinski definition) is 16. The zero-order valence-electron chi connectivity index (χ0n) is 46.6. The SMILES string of the molecule is CCCCC[C@@H]1NC(=O)[C@H](C(C)CC)NC(=O)c2cc(CC(=O)CCC(=O)NCCOCCOCCOCCOCCC(=O)CCC(O)Cn3cc[n+](CC(O)(P(=O)(O)O)P(=O)(O)O)c3)ccc2NCc2ccc(C(N)=O)cc2NC1=O. The molecule has 0 fully saturated rings. The first-order valence-electron chi connectivity index (χ1n) is 27.2. The lowest BCUT2D eigenvalue weighted by molar-refractivity contribution is -0.703. The van der Waals surface area contributed by atoms with Gasteiger partial charge in [-0.2, -0.15) is 0 Å². The molecule has 5 amide bonds. The average molecular weight is 1200 g/mol. The van der Waals surface area contributed by atoms with Crippen molar-refractivity contribution in [1.82, 2.24) is 20.5 Å². The van der Waals surface area contributed by atoms with Gasteiger partial charge in [0.1, 0.15) is 49.1 Å². The maximum absolute atomic E-state index is 14.2. The number of imidazole rings is 1. The van der Waals surface area contributed by atoms with E-state index in [0.717, 1.165) is 17.4 Å². The van der Waals surface area contributed by atoms with Crippen LogP contribution in [0.15, 0.2) is 55.1 Å². The lowest BCUT2D eigenvalue weighted by Crippen LogP contribution is -2.55. The summed E-state index contributed by atoms with van der Waals surface area (Å²) >= 11 is 0. The van der Waals surface area contributed by atoms with Crippen LogP contribution >= 0.6 is 15.2 Å². The zero-order valence-corrected chi connectivity index (χ0v) is 48.4. The first kappa shape index (κ1) is 68.7. The lowest BCUT2D eigenvalue weighted by atomic mass is 9.96. The molecule has 0 aliphatic carbocycles. The number of nitrogens with two attached hydrogens (primary N) is 1. The minimum Gasteiger partial charge on any atom is -0.389 e. The largest absolute Gasteiger partial charge is 0.389 e. The van der Waals surface area contributed by atoms with Gasteiger partial charge in [0.25, 0.3) is 5.91 Å². The van der Waals surface area contributed by atoms with E-state index in [1.807, 2.05) is 20.8 Å². The summed E-state index contributed by atoms with van der Waals surface area (Å²) in [7, 11) is -11.3. The second kappa shape index (κ2) is 34.1. The topological polar surface area (TPSA) is 407 Å². The highest BCUT2D eigenvalue weighted by Gasteiger charge is 2.61. The third-order valence-electron chi connectivity index (χ3n) is 13.5. The van der Waals surface area contributed by atoms with Gasteiger partial charge in [0.2, 0.25) is 30.0 Å². The van der Waals surface area contributed by atoms with Gasteiger partial charge in [0.15, 0.2) is 0 Å². The van der Waals surface area contributed by atoms with Crippen molar-refractivity contribution in [2.75, 3.05) is 70.0 Å². The number of Topliss-reactive ketones (excluding diaryl/α,β-unsaturated/α-hetero) is 2. The number of fused-ring (bicyclic) bond motifs is 2. The van der Waals surface area contributed by atoms with Gasteiger partial charge in [-0.3, -0.25) is 42.7 Å². The third-order valence-corrected chi connectivity index (χ3v) is 17.2. The van der Waals surface area contributed by atoms with Crippen LogP contribution in [0.4, 0.5) is 11.4 Å². The minimum absolute atomic E-state index is 0.0420. The summed E-state index contributed by atoms with van der Waals surface area (Å²) in [6.07, 6.45) is 6.03. The molecule has 2 heterocycles. The van der Waals surface area contributed by atoms with Gasteiger partial charge in [0, 0.05) is 62.1 Å². The quantitative estimate of drug-likeness (QED) is 0.0223.